The normalized spacial score (nSPS) is 11.4. The number of H-pyrrole nitrogens is 1. The van der Waals surface area contributed by atoms with E-state index in [-0.39, 0.29) is 16.5 Å². The van der Waals surface area contributed by atoms with Gasteiger partial charge in [0, 0.05) is 16.2 Å². The molecule has 0 bridgehead atoms. The molecule has 0 radical (unpaired) electrons. The Morgan fingerprint density at radius 1 is 1.11 bits per heavy atom. The number of aromatic nitrogens is 1. The van der Waals surface area contributed by atoms with Crippen LogP contribution in [0.5, 0.6) is 0 Å². The van der Waals surface area contributed by atoms with Crippen LogP contribution < -0.4 is 0 Å². The van der Waals surface area contributed by atoms with Gasteiger partial charge in [-0.05, 0) is 19.1 Å². The number of aryl methyl sites for hydroxylation is 1. The molecule has 0 unspecified atom stereocenters. The van der Waals surface area contributed by atoms with Crippen molar-refractivity contribution in [1.29, 1.82) is 0 Å². The van der Waals surface area contributed by atoms with E-state index in [9.17, 15) is 13.2 Å². The summed E-state index contributed by atoms with van der Waals surface area (Å²) >= 11 is 0. The predicted octanol–water partition coefficient (Wildman–Crippen LogP) is 2.48. The molecule has 94 valence electrons. The lowest BCUT2D eigenvalue weighted by Crippen LogP contribution is -2.02. The van der Waals surface area contributed by atoms with Gasteiger partial charge >= 0.3 is 0 Å². The number of carbonyl (C=O) groups excluding carboxylic acids is 1. The third-order valence-electron chi connectivity index (χ3n) is 2.48. The first kappa shape index (κ1) is 12.9. The Hall–Kier alpha value is -1.59. The van der Waals surface area contributed by atoms with E-state index in [0.717, 1.165) is 5.56 Å². The lowest BCUT2D eigenvalue weighted by atomic mass is 10.1. The van der Waals surface area contributed by atoms with Crippen LogP contribution in [0.2, 0.25) is 0 Å². The van der Waals surface area contributed by atoms with E-state index in [1.165, 1.54) is 12.1 Å². The zero-order chi connectivity index (χ0) is 13.3. The van der Waals surface area contributed by atoms with Crippen LogP contribution in [0.4, 0.5) is 0 Å². The van der Waals surface area contributed by atoms with Crippen molar-refractivity contribution in [3.63, 3.8) is 0 Å². The molecule has 0 aliphatic carbocycles. The molecule has 0 amide bonds. The lowest BCUT2D eigenvalue weighted by Gasteiger charge is -1.99. The zero-order valence-electron chi connectivity index (χ0n) is 9.48. The molecule has 0 aliphatic rings. The summed E-state index contributed by atoms with van der Waals surface area (Å²) in [6, 6.07) is 9.67. The molecule has 0 saturated heterocycles. The van der Waals surface area contributed by atoms with Gasteiger partial charge in [-0.3, -0.25) is 4.79 Å². The third-order valence-corrected chi connectivity index (χ3v) is 3.74. The van der Waals surface area contributed by atoms with E-state index >= 15 is 0 Å². The number of hydrogen-bond donors (Lipinski definition) is 1. The van der Waals surface area contributed by atoms with Crippen molar-refractivity contribution in [2.75, 3.05) is 0 Å². The van der Waals surface area contributed by atoms with Crippen molar-refractivity contribution in [2.45, 2.75) is 11.9 Å². The average Bonchev–Trinajstić information content (AvgIpc) is 2.78. The third kappa shape index (κ3) is 2.63. The first-order valence-electron chi connectivity index (χ1n) is 5.13. The predicted molar refractivity (Wildman–Crippen MR) is 68.4 cm³/mol. The van der Waals surface area contributed by atoms with Crippen LogP contribution in [0, 0.1) is 6.92 Å². The largest absolute Gasteiger partial charge is 0.342 e. The summed E-state index contributed by atoms with van der Waals surface area (Å²) in [7, 11) is 1.33. The topological polar surface area (TPSA) is 67.0 Å². The van der Waals surface area contributed by atoms with Gasteiger partial charge in [0.2, 0.25) is 5.78 Å². The number of rotatable bonds is 3. The maximum Gasteiger partial charge on any atom is 0.276 e. The minimum atomic E-state index is -3.84. The summed E-state index contributed by atoms with van der Waals surface area (Å²) < 4.78 is 22.1. The molecule has 1 aromatic heterocycles. The number of nitrogens with one attached hydrogen (secondary N) is 1. The number of aromatic amines is 1. The van der Waals surface area contributed by atoms with Crippen molar-refractivity contribution < 1.29 is 13.2 Å². The molecule has 0 spiro atoms. The second-order valence-corrected chi connectivity index (χ2v) is 6.40. The van der Waals surface area contributed by atoms with E-state index < -0.39 is 9.05 Å². The summed E-state index contributed by atoms with van der Waals surface area (Å²) in [4.78, 5) is 14.5. The highest BCUT2D eigenvalue weighted by atomic mass is 35.7. The maximum atomic E-state index is 12.0. The lowest BCUT2D eigenvalue weighted by molar-refractivity contribution is 0.103. The van der Waals surface area contributed by atoms with Crippen molar-refractivity contribution in [1.82, 2.24) is 4.98 Å². The summed E-state index contributed by atoms with van der Waals surface area (Å²) in [5.74, 6) is -0.276. The van der Waals surface area contributed by atoms with E-state index in [2.05, 4.69) is 4.98 Å². The van der Waals surface area contributed by atoms with Crippen LogP contribution in [0.1, 0.15) is 21.6 Å². The van der Waals surface area contributed by atoms with Gasteiger partial charge in [0.15, 0.2) is 0 Å². The van der Waals surface area contributed by atoms with E-state index in [1.807, 2.05) is 19.1 Å². The number of halogens is 1. The molecular weight excluding hydrogens is 274 g/mol. The molecule has 0 aliphatic heterocycles. The monoisotopic (exact) mass is 283 g/mol. The van der Waals surface area contributed by atoms with E-state index in [1.54, 1.807) is 12.1 Å². The Balaban J connectivity index is 2.35. The fourth-order valence-corrected chi connectivity index (χ4v) is 2.24. The molecule has 6 heteroatoms. The molecule has 1 aromatic carbocycles. The Kier molecular flexibility index (Phi) is 3.28. The fourth-order valence-electron chi connectivity index (χ4n) is 1.51. The van der Waals surface area contributed by atoms with Gasteiger partial charge in [0.25, 0.3) is 9.05 Å². The van der Waals surface area contributed by atoms with Crippen molar-refractivity contribution in [2.24, 2.45) is 0 Å². The van der Waals surface area contributed by atoms with Gasteiger partial charge in [0.1, 0.15) is 5.03 Å². The van der Waals surface area contributed by atoms with E-state index in [0.29, 0.717) is 5.56 Å². The first-order valence-corrected chi connectivity index (χ1v) is 7.44. The Morgan fingerprint density at radius 3 is 2.22 bits per heavy atom. The second-order valence-electron chi connectivity index (χ2n) is 3.87. The second kappa shape index (κ2) is 4.59. The minimum absolute atomic E-state index is 0.181. The first-order chi connectivity index (χ1) is 8.38. The molecule has 0 atom stereocenters. The van der Waals surface area contributed by atoms with Crippen LogP contribution in [0.3, 0.4) is 0 Å². The Bertz CT molecular complexity index is 686. The van der Waals surface area contributed by atoms with Gasteiger partial charge < -0.3 is 4.98 Å². The van der Waals surface area contributed by atoms with Gasteiger partial charge in [-0.2, -0.15) is 0 Å². The van der Waals surface area contributed by atoms with Crippen LogP contribution in [-0.4, -0.2) is 19.2 Å². The quantitative estimate of drug-likeness (QED) is 0.695. The van der Waals surface area contributed by atoms with Crippen molar-refractivity contribution in [3.8, 4) is 0 Å². The molecule has 2 aromatic rings. The molecule has 2 rings (SSSR count). The van der Waals surface area contributed by atoms with Crippen LogP contribution >= 0.6 is 10.7 Å². The van der Waals surface area contributed by atoms with Gasteiger partial charge in [-0.1, -0.05) is 29.8 Å². The maximum absolute atomic E-state index is 12.0. The van der Waals surface area contributed by atoms with Gasteiger partial charge in [-0.25, -0.2) is 8.42 Å². The Labute approximate surface area is 109 Å². The van der Waals surface area contributed by atoms with Crippen LogP contribution in [-0.2, 0) is 9.05 Å². The summed E-state index contributed by atoms with van der Waals surface area (Å²) in [5.41, 5.74) is 1.72. The molecule has 1 N–H and O–H groups in total. The number of benzene rings is 1. The Morgan fingerprint density at radius 2 is 1.72 bits per heavy atom. The van der Waals surface area contributed by atoms with Crippen LogP contribution in [0.25, 0.3) is 0 Å². The van der Waals surface area contributed by atoms with Crippen molar-refractivity contribution >= 4 is 25.5 Å². The zero-order valence-corrected chi connectivity index (χ0v) is 11.0. The molecule has 0 saturated carbocycles. The highest BCUT2D eigenvalue weighted by molar-refractivity contribution is 8.13. The van der Waals surface area contributed by atoms with E-state index in [4.69, 9.17) is 10.7 Å². The molecular formula is C12H10ClNO3S. The van der Waals surface area contributed by atoms with Crippen molar-refractivity contribution in [3.05, 3.63) is 53.2 Å². The van der Waals surface area contributed by atoms with Gasteiger partial charge in [-0.15, -0.1) is 0 Å². The number of carbonyl (C=O) groups is 1. The SMILES string of the molecule is Cc1ccc(C(=O)c2ccc(S(=O)(=O)Cl)[nH]2)cc1. The average molecular weight is 284 g/mol. The molecule has 1 heterocycles. The highest BCUT2D eigenvalue weighted by Crippen LogP contribution is 2.16. The smallest absolute Gasteiger partial charge is 0.276 e. The summed E-state index contributed by atoms with van der Waals surface area (Å²) in [5, 5.41) is -0.181. The fraction of sp³-hybridized carbons (Fsp3) is 0.0833. The minimum Gasteiger partial charge on any atom is -0.342 e. The number of hydrogen-bond acceptors (Lipinski definition) is 3. The van der Waals surface area contributed by atoms with Gasteiger partial charge in [0.05, 0.1) is 5.69 Å². The number of ketones is 1. The summed E-state index contributed by atoms with van der Waals surface area (Å²) in [6.07, 6.45) is 0. The highest BCUT2D eigenvalue weighted by Gasteiger charge is 2.16. The summed E-state index contributed by atoms with van der Waals surface area (Å²) in [6.45, 7) is 1.92. The standard InChI is InChI=1S/C12H10ClNO3S/c1-8-2-4-9(5-3-8)12(15)10-6-7-11(14-10)18(13,16)17/h2-7,14H,1H3. The molecule has 4 nitrogen and oxygen atoms in total. The molecule has 0 fully saturated rings. The molecule has 18 heavy (non-hydrogen) atoms. The van der Waals surface area contributed by atoms with Crippen LogP contribution in [0.15, 0.2) is 41.4 Å².